The van der Waals surface area contributed by atoms with Crippen LogP contribution in [0.1, 0.15) is 28.2 Å². The van der Waals surface area contributed by atoms with Gasteiger partial charge in [-0.2, -0.15) is 0 Å². The molecule has 0 bridgehead atoms. The van der Waals surface area contributed by atoms with E-state index in [1.807, 2.05) is 6.92 Å². The Balaban J connectivity index is 1.69. The van der Waals surface area contributed by atoms with E-state index in [9.17, 15) is 18.4 Å². The first-order chi connectivity index (χ1) is 12.9. The van der Waals surface area contributed by atoms with Crippen LogP contribution in [0, 0.1) is 11.6 Å². The summed E-state index contributed by atoms with van der Waals surface area (Å²) in [5, 5.41) is -0.421. The quantitative estimate of drug-likeness (QED) is 0.782. The molecule has 142 valence electrons. The van der Waals surface area contributed by atoms with Crippen molar-refractivity contribution in [3.05, 3.63) is 71.3 Å². The highest BCUT2D eigenvalue weighted by atomic mass is 32.2. The van der Waals surface area contributed by atoms with Gasteiger partial charge in [0.15, 0.2) is 0 Å². The zero-order valence-corrected chi connectivity index (χ0v) is 15.9. The lowest BCUT2D eigenvalue weighted by molar-refractivity contribution is -0.129. The lowest BCUT2D eigenvalue weighted by Gasteiger charge is -2.27. The van der Waals surface area contributed by atoms with Crippen LogP contribution in [0.4, 0.5) is 8.78 Å². The zero-order valence-electron chi connectivity index (χ0n) is 15.1. The molecule has 2 aromatic rings. The van der Waals surface area contributed by atoms with E-state index in [1.165, 1.54) is 47.0 Å². The molecule has 0 aliphatic carbocycles. The van der Waals surface area contributed by atoms with Crippen molar-refractivity contribution in [1.82, 2.24) is 9.80 Å². The highest BCUT2D eigenvalue weighted by Crippen LogP contribution is 2.42. The lowest BCUT2D eigenvalue weighted by atomic mass is 10.2. The van der Waals surface area contributed by atoms with Gasteiger partial charge in [0, 0.05) is 25.7 Å². The van der Waals surface area contributed by atoms with E-state index >= 15 is 0 Å². The maximum absolute atomic E-state index is 13.3. The summed E-state index contributed by atoms with van der Waals surface area (Å²) in [4.78, 5) is 28.2. The third-order valence-corrected chi connectivity index (χ3v) is 5.89. The second-order valence-corrected chi connectivity index (χ2v) is 7.88. The van der Waals surface area contributed by atoms with Gasteiger partial charge in [-0.05, 0) is 42.8 Å². The van der Waals surface area contributed by atoms with Gasteiger partial charge in [-0.15, -0.1) is 11.8 Å². The van der Waals surface area contributed by atoms with Crippen molar-refractivity contribution < 1.29 is 18.4 Å². The second kappa shape index (κ2) is 8.08. The van der Waals surface area contributed by atoms with Crippen molar-refractivity contribution in [3.63, 3.8) is 0 Å². The standard InChI is InChI=1S/C20H20F2N2O2S/c1-13-18(25)24(20(27-13)14-6-8-16(21)9-7-14)11-10-23(2)19(26)15-4-3-5-17(22)12-15/h3-9,12-13,20H,10-11H2,1-2H3/t13-,20-/m1/s1. The Hall–Kier alpha value is -2.41. The minimum Gasteiger partial charge on any atom is -0.340 e. The van der Waals surface area contributed by atoms with Crippen LogP contribution in [0.15, 0.2) is 48.5 Å². The van der Waals surface area contributed by atoms with Gasteiger partial charge < -0.3 is 9.80 Å². The molecule has 2 amide bonds. The number of hydrogen-bond acceptors (Lipinski definition) is 3. The average Bonchev–Trinajstić information content (AvgIpc) is 2.94. The van der Waals surface area contributed by atoms with Gasteiger partial charge in [0.05, 0.1) is 5.25 Å². The zero-order chi connectivity index (χ0) is 19.6. The largest absolute Gasteiger partial charge is 0.340 e. The first kappa shape index (κ1) is 19.4. The molecule has 2 aromatic carbocycles. The second-order valence-electron chi connectivity index (χ2n) is 6.45. The van der Waals surface area contributed by atoms with Crippen molar-refractivity contribution >= 4 is 23.6 Å². The molecule has 1 aliphatic rings. The Morgan fingerprint density at radius 2 is 1.85 bits per heavy atom. The molecule has 0 radical (unpaired) electrons. The van der Waals surface area contributed by atoms with Gasteiger partial charge in [0.25, 0.3) is 5.91 Å². The molecule has 0 aromatic heterocycles. The third kappa shape index (κ3) is 4.30. The third-order valence-electron chi connectivity index (χ3n) is 4.50. The van der Waals surface area contributed by atoms with Crippen LogP contribution in [-0.4, -0.2) is 47.0 Å². The van der Waals surface area contributed by atoms with Crippen LogP contribution in [0.2, 0.25) is 0 Å². The molecule has 3 rings (SSSR count). The monoisotopic (exact) mass is 390 g/mol. The minimum atomic E-state index is -0.467. The predicted molar refractivity (Wildman–Crippen MR) is 101 cm³/mol. The van der Waals surface area contributed by atoms with Crippen LogP contribution >= 0.6 is 11.8 Å². The number of carbonyl (C=O) groups excluding carboxylic acids is 2. The Labute approximate surface area is 161 Å². The minimum absolute atomic E-state index is 0.0130. The van der Waals surface area contributed by atoms with E-state index < -0.39 is 5.82 Å². The van der Waals surface area contributed by atoms with Crippen molar-refractivity contribution in [2.75, 3.05) is 20.1 Å². The van der Waals surface area contributed by atoms with E-state index in [-0.39, 0.29) is 33.8 Å². The maximum Gasteiger partial charge on any atom is 0.253 e. The molecule has 4 nitrogen and oxygen atoms in total. The molecule has 7 heteroatoms. The molecule has 0 N–H and O–H groups in total. The summed E-state index contributed by atoms with van der Waals surface area (Å²) in [6.45, 7) is 2.49. The van der Waals surface area contributed by atoms with Gasteiger partial charge >= 0.3 is 0 Å². The summed E-state index contributed by atoms with van der Waals surface area (Å²) in [5.41, 5.74) is 1.11. The van der Waals surface area contributed by atoms with Crippen LogP contribution in [0.5, 0.6) is 0 Å². The number of hydrogen-bond donors (Lipinski definition) is 0. The van der Waals surface area contributed by atoms with Crippen molar-refractivity contribution in [2.45, 2.75) is 17.5 Å². The fourth-order valence-corrected chi connectivity index (χ4v) is 4.30. The normalized spacial score (nSPS) is 19.4. The number of likely N-dealkylation sites (N-methyl/N-ethyl adjacent to an activating group) is 1. The van der Waals surface area contributed by atoms with E-state index in [4.69, 9.17) is 0 Å². The van der Waals surface area contributed by atoms with Crippen LogP contribution in [0.25, 0.3) is 0 Å². The fraction of sp³-hybridized carbons (Fsp3) is 0.300. The molecule has 2 atom stereocenters. The fourth-order valence-electron chi connectivity index (χ4n) is 2.99. The smallest absolute Gasteiger partial charge is 0.253 e. The Morgan fingerprint density at radius 3 is 2.52 bits per heavy atom. The SMILES string of the molecule is C[C@H]1S[C@H](c2ccc(F)cc2)N(CCN(C)C(=O)c2cccc(F)c2)C1=O. The molecule has 0 unspecified atom stereocenters. The summed E-state index contributed by atoms with van der Waals surface area (Å²) < 4.78 is 26.5. The summed E-state index contributed by atoms with van der Waals surface area (Å²) >= 11 is 1.50. The number of benzene rings is 2. The molecule has 0 spiro atoms. The highest BCUT2D eigenvalue weighted by molar-refractivity contribution is 8.01. The van der Waals surface area contributed by atoms with Crippen molar-refractivity contribution in [2.24, 2.45) is 0 Å². The van der Waals surface area contributed by atoms with Crippen molar-refractivity contribution in [1.29, 1.82) is 0 Å². The number of amides is 2. The van der Waals surface area contributed by atoms with E-state index in [0.717, 1.165) is 5.56 Å². The van der Waals surface area contributed by atoms with E-state index in [2.05, 4.69) is 0 Å². The molecule has 27 heavy (non-hydrogen) atoms. The van der Waals surface area contributed by atoms with E-state index in [0.29, 0.717) is 13.1 Å². The maximum atomic E-state index is 13.3. The lowest BCUT2D eigenvalue weighted by Crippen LogP contribution is -2.39. The number of thioether (sulfide) groups is 1. The molecule has 0 saturated carbocycles. The first-order valence-corrected chi connectivity index (χ1v) is 9.53. The first-order valence-electron chi connectivity index (χ1n) is 8.59. The molecular weight excluding hydrogens is 370 g/mol. The summed E-state index contributed by atoms with van der Waals surface area (Å²) in [5.74, 6) is -1.11. The van der Waals surface area contributed by atoms with E-state index in [1.54, 1.807) is 30.1 Å². The summed E-state index contributed by atoms with van der Waals surface area (Å²) in [6, 6.07) is 11.6. The van der Waals surface area contributed by atoms with Gasteiger partial charge in [-0.1, -0.05) is 18.2 Å². The average molecular weight is 390 g/mol. The van der Waals surface area contributed by atoms with Crippen LogP contribution in [-0.2, 0) is 4.79 Å². The molecular formula is C20H20F2N2O2S. The van der Waals surface area contributed by atoms with Crippen molar-refractivity contribution in [3.8, 4) is 0 Å². The summed E-state index contributed by atoms with van der Waals surface area (Å²) in [7, 11) is 1.62. The Morgan fingerprint density at radius 1 is 1.15 bits per heavy atom. The topological polar surface area (TPSA) is 40.6 Å². The molecule has 1 saturated heterocycles. The van der Waals surface area contributed by atoms with Crippen LogP contribution < -0.4 is 0 Å². The molecule has 1 fully saturated rings. The van der Waals surface area contributed by atoms with Gasteiger partial charge in [0.1, 0.15) is 17.0 Å². The number of halogens is 2. The number of nitrogens with zero attached hydrogens (tertiary/aromatic N) is 2. The predicted octanol–water partition coefficient (Wildman–Crippen LogP) is 3.70. The number of carbonyl (C=O) groups is 2. The Bertz CT molecular complexity index is 844. The van der Waals surface area contributed by atoms with Crippen LogP contribution in [0.3, 0.4) is 0 Å². The number of rotatable bonds is 5. The molecule has 1 aliphatic heterocycles. The molecule has 1 heterocycles. The Kier molecular flexibility index (Phi) is 5.79. The van der Waals surface area contributed by atoms with Gasteiger partial charge in [-0.25, -0.2) is 8.78 Å². The van der Waals surface area contributed by atoms with Gasteiger partial charge in [0.2, 0.25) is 5.91 Å². The summed E-state index contributed by atoms with van der Waals surface area (Å²) in [6.07, 6.45) is 0. The van der Waals surface area contributed by atoms with Gasteiger partial charge in [-0.3, -0.25) is 9.59 Å². The highest BCUT2D eigenvalue weighted by Gasteiger charge is 2.38.